The molecule has 3 heteroatoms. The summed E-state index contributed by atoms with van der Waals surface area (Å²) in [6.45, 7) is 6.30. The molecule has 0 aliphatic carbocycles. The minimum Gasteiger partial charge on any atom is -0.506 e. The predicted octanol–water partition coefficient (Wildman–Crippen LogP) is 3.63. The Bertz CT molecular complexity index is 341. The molecule has 90 valence electrons. The maximum absolute atomic E-state index is 9.86. The summed E-state index contributed by atoms with van der Waals surface area (Å²) in [6, 6.07) is 5.77. The van der Waals surface area contributed by atoms with Gasteiger partial charge in [0.2, 0.25) is 0 Å². The van der Waals surface area contributed by atoms with Gasteiger partial charge in [0.05, 0.1) is 4.47 Å². The maximum Gasteiger partial charge on any atom is 0.134 e. The molecular formula is C13H20BrNO. The third-order valence-corrected chi connectivity index (χ3v) is 3.47. The molecule has 0 aliphatic rings. The van der Waals surface area contributed by atoms with Crippen LogP contribution in [0.1, 0.15) is 25.8 Å². The van der Waals surface area contributed by atoms with Crippen LogP contribution in [0.3, 0.4) is 0 Å². The van der Waals surface area contributed by atoms with Crippen molar-refractivity contribution in [3.63, 3.8) is 0 Å². The van der Waals surface area contributed by atoms with Gasteiger partial charge in [-0.1, -0.05) is 32.4 Å². The van der Waals surface area contributed by atoms with Gasteiger partial charge < -0.3 is 10.0 Å². The lowest BCUT2D eigenvalue weighted by atomic mass is 10.1. The molecule has 16 heavy (non-hydrogen) atoms. The van der Waals surface area contributed by atoms with E-state index in [2.05, 4.69) is 41.7 Å². The number of phenolic OH excluding ortho intramolecular Hbond substituents is 1. The highest BCUT2D eigenvalue weighted by atomic mass is 79.9. The van der Waals surface area contributed by atoms with Gasteiger partial charge in [0, 0.05) is 18.7 Å². The molecule has 0 saturated carbocycles. The summed E-state index contributed by atoms with van der Waals surface area (Å²) >= 11 is 3.33. The van der Waals surface area contributed by atoms with Crippen molar-refractivity contribution in [1.29, 1.82) is 0 Å². The molecule has 0 bridgehead atoms. The Morgan fingerprint density at radius 2 is 2.12 bits per heavy atom. The molecule has 0 aromatic heterocycles. The van der Waals surface area contributed by atoms with Crippen molar-refractivity contribution >= 4 is 15.9 Å². The fourth-order valence-electron chi connectivity index (χ4n) is 1.70. The third-order valence-electron chi connectivity index (χ3n) is 2.83. The van der Waals surface area contributed by atoms with Gasteiger partial charge in [0.15, 0.2) is 0 Å². The topological polar surface area (TPSA) is 23.5 Å². The van der Waals surface area contributed by atoms with E-state index in [9.17, 15) is 5.11 Å². The summed E-state index contributed by atoms with van der Waals surface area (Å²) in [5.74, 6) is 1.05. The number of para-hydroxylation sites is 1. The van der Waals surface area contributed by atoms with E-state index >= 15 is 0 Å². The fraction of sp³-hybridized carbons (Fsp3) is 0.538. The van der Waals surface area contributed by atoms with Crippen molar-refractivity contribution in [3.8, 4) is 5.75 Å². The zero-order chi connectivity index (χ0) is 12.1. The highest BCUT2D eigenvalue weighted by Gasteiger charge is 2.09. The number of halogens is 1. The zero-order valence-electron chi connectivity index (χ0n) is 10.2. The number of hydrogen-bond donors (Lipinski definition) is 1. The van der Waals surface area contributed by atoms with Gasteiger partial charge in [-0.2, -0.15) is 0 Å². The van der Waals surface area contributed by atoms with Crippen molar-refractivity contribution in [1.82, 2.24) is 4.90 Å². The Labute approximate surface area is 106 Å². The van der Waals surface area contributed by atoms with E-state index in [1.54, 1.807) is 0 Å². The molecule has 1 aromatic rings. The van der Waals surface area contributed by atoms with Gasteiger partial charge in [-0.3, -0.25) is 0 Å². The number of benzene rings is 1. The molecule has 0 aliphatic heterocycles. The lowest BCUT2D eigenvalue weighted by Gasteiger charge is -2.21. The van der Waals surface area contributed by atoms with E-state index in [1.165, 1.54) is 6.42 Å². The SMILES string of the molecule is CCC(C)CN(C)Cc1cccc(Br)c1O. The van der Waals surface area contributed by atoms with E-state index in [-0.39, 0.29) is 0 Å². The summed E-state index contributed by atoms with van der Waals surface area (Å²) in [6.07, 6.45) is 1.19. The highest BCUT2D eigenvalue weighted by molar-refractivity contribution is 9.10. The smallest absolute Gasteiger partial charge is 0.134 e. The fourth-order valence-corrected chi connectivity index (χ4v) is 2.11. The van der Waals surface area contributed by atoms with Crippen LogP contribution in [0.25, 0.3) is 0 Å². The van der Waals surface area contributed by atoms with E-state index in [0.29, 0.717) is 11.7 Å². The number of nitrogens with zero attached hydrogens (tertiary/aromatic N) is 1. The molecule has 1 aromatic carbocycles. The van der Waals surface area contributed by atoms with Gasteiger partial charge in [-0.05, 0) is 35.0 Å². The van der Waals surface area contributed by atoms with Crippen molar-refractivity contribution < 1.29 is 5.11 Å². The number of phenols is 1. The molecule has 2 nitrogen and oxygen atoms in total. The first-order valence-corrected chi connectivity index (χ1v) is 6.48. The molecule has 0 saturated heterocycles. The van der Waals surface area contributed by atoms with Crippen LogP contribution in [0.5, 0.6) is 5.75 Å². The Morgan fingerprint density at radius 3 is 2.75 bits per heavy atom. The second kappa shape index (κ2) is 6.26. The molecule has 0 spiro atoms. The lowest BCUT2D eigenvalue weighted by Crippen LogP contribution is -2.23. The van der Waals surface area contributed by atoms with Crippen LogP contribution in [0, 0.1) is 5.92 Å². The zero-order valence-corrected chi connectivity index (χ0v) is 11.8. The first kappa shape index (κ1) is 13.5. The second-order valence-corrected chi connectivity index (χ2v) is 5.31. The minimum atomic E-state index is 0.360. The molecular weight excluding hydrogens is 266 g/mol. The van der Waals surface area contributed by atoms with Crippen LogP contribution in [0.15, 0.2) is 22.7 Å². The summed E-state index contributed by atoms with van der Waals surface area (Å²) < 4.78 is 0.766. The first-order chi connectivity index (χ1) is 7.54. The predicted molar refractivity (Wildman–Crippen MR) is 71.6 cm³/mol. The third kappa shape index (κ3) is 3.80. The number of rotatable bonds is 5. The maximum atomic E-state index is 9.86. The molecule has 1 atom stereocenters. The van der Waals surface area contributed by atoms with Crippen molar-refractivity contribution in [3.05, 3.63) is 28.2 Å². The Hall–Kier alpha value is -0.540. The van der Waals surface area contributed by atoms with Crippen LogP contribution in [0.4, 0.5) is 0 Å². The average Bonchev–Trinajstić information content (AvgIpc) is 2.24. The molecule has 0 amide bonds. The highest BCUT2D eigenvalue weighted by Crippen LogP contribution is 2.28. The van der Waals surface area contributed by atoms with E-state index in [1.807, 2.05) is 18.2 Å². The average molecular weight is 286 g/mol. The van der Waals surface area contributed by atoms with E-state index in [0.717, 1.165) is 23.1 Å². The largest absolute Gasteiger partial charge is 0.506 e. The molecule has 1 unspecified atom stereocenters. The second-order valence-electron chi connectivity index (χ2n) is 4.46. The Morgan fingerprint density at radius 1 is 1.44 bits per heavy atom. The van der Waals surface area contributed by atoms with Gasteiger partial charge in [0.25, 0.3) is 0 Å². The molecule has 1 N–H and O–H groups in total. The number of aromatic hydroxyl groups is 1. The normalized spacial score (nSPS) is 13.1. The summed E-state index contributed by atoms with van der Waals surface area (Å²) in [7, 11) is 2.09. The monoisotopic (exact) mass is 285 g/mol. The van der Waals surface area contributed by atoms with E-state index < -0.39 is 0 Å². The first-order valence-electron chi connectivity index (χ1n) is 5.69. The van der Waals surface area contributed by atoms with Gasteiger partial charge >= 0.3 is 0 Å². The van der Waals surface area contributed by atoms with Crippen molar-refractivity contribution in [2.45, 2.75) is 26.8 Å². The minimum absolute atomic E-state index is 0.360. The molecule has 0 radical (unpaired) electrons. The van der Waals surface area contributed by atoms with Crippen LogP contribution in [-0.4, -0.2) is 23.6 Å². The van der Waals surface area contributed by atoms with Gasteiger partial charge in [0.1, 0.15) is 5.75 Å². The quantitative estimate of drug-likeness (QED) is 0.893. The van der Waals surface area contributed by atoms with Gasteiger partial charge in [-0.15, -0.1) is 0 Å². The van der Waals surface area contributed by atoms with Crippen LogP contribution in [0.2, 0.25) is 0 Å². The Balaban J connectivity index is 2.62. The molecule has 1 rings (SSSR count). The van der Waals surface area contributed by atoms with Gasteiger partial charge in [-0.25, -0.2) is 0 Å². The van der Waals surface area contributed by atoms with Crippen molar-refractivity contribution in [2.24, 2.45) is 5.92 Å². The van der Waals surface area contributed by atoms with Crippen LogP contribution >= 0.6 is 15.9 Å². The standard InChI is InChI=1S/C13H20BrNO/c1-4-10(2)8-15(3)9-11-6-5-7-12(14)13(11)16/h5-7,10,16H,4,8-9H2,1-3H3. The lowest BCUT2D eigenvalue weighted by molar-refractivity contribution is 0.271. The molecule has 0 fully saturated rings. The number of hydrogen-bond acceptors (Lipinski definition) is 2. The summed E-state index contributed by atoms with van der Waals surface area (Å²) in [5.41, 5.74) is 0.972. The Kier molecular flexibility index (Phi) is 5.29. The van der Waals surface area contributed by atoms with Crippen LogP contribution in [-0.2, 0) is 6.54 Å². The summed E-state index contributed by atoms with van der Waals surface area (Å²) in [5, 5.41) is 9.86. The van der Waals surface area contributed by atoms with Crippen molar-refractivity contribution in [2.75, 3.05) is 13.6 Å². The van der Waals surface area contributed by atoms with E-state index in [4.69, 9.17) is 0 Å². The summed E-state index contributed by atoms with van der Waals surface area (Å²) in [4.78, 5) is 2.25. The molecule has 0 heterocycles. The van der Waals surface area contributed by atoms with Crippen LogP contribution < -0.4 is 0 Å².